The Hall–Kier alpha value is -3.79. The Morgan fingerprint density at radius 1 is 1.21 bits per heavy atom. The van der Waals surface area contributed by atoms with Crippen LogP contribution < -0.4 is 10.6 Å². The van der Waals surface area contributed by atoms with Gasteiger partial charge in [0.25, 0.3) is 0 Å². The number of cyclic esters (lactones) is 1. The molecule has 4 rings (SSSR count). The number of hydrogen-bond acceptors (Lipinski definition) is 6. The highest BCUT2D eigenvalue weighted by molar-refractivity contribution is 5.78. The highest BCUT2D eigenvalue weighted by Gasteiger charge is 2.32. The number of carbonyl (C=O) groups excluding carboxylic acids is 2. The molecule has 180 valence electrons. The van der Waals surface area contributed by atoms with Crippen molar-refractivity contribution in [2.45, 2.75) is 32.5 Å². The number of H-pyrrole nitrogens is 1. The number of allylic oxidation sites excluding steroid dienone is 5. The van der Waals surface area contributed by atoms with Crippen molar-refractivity contribution in [3.8, 4) is 0 Å². The van der Waals surface area contributed by atoms with Crippen LogP contribution in [-0.4, -0.2) is 58.7 Å². The minimum Gasteiger partial charge on any atom is -0.442 e. The predicted molar refractivity (Wildman–Crippen MR) is 126 cm³/mol. The van der Waals surface area contributed by atoms with Gasteiger partial charge >= 0.3 is 6.09 Å². The van der Waals surface area contributed by atoms with Crippen molar-refractivity contribution in [3.05, 3.63) is 77.3 Å². The lowest BCUT2D eigenvalue weighted by atomic mass is 10.0. The van der Waals surface area contributed by atoms with E-state index in [9.17, 15) is 14.0 Å². The number of nitrogens with one attached hydrogen (secondary N) is 3. The standard InChI is InChI=1S/C23H26N6O3.CH3F/c1-16(30)25-14-22-15-29(23(31)32-22)21-4-2-3-18(9-10-21)19-7-5-17(6-8-19)11-24-12-20-13-26-28-27-20;1-2/h3-10,13,22,24H,2,11-12,14-15H2,1H3,(H,25,30)(H,26,27,28);1H3/t22-;/m0./s1. The highest BCUT2D eigenvalue weighted by Crippen LogP contribution is 2.25. The second kappa shape index (κ2) is 12.4. The third kappa shape index (κ3) is 6.85. The molecule has 0 saturated carbocycles. The molecule has 10 heteroatoms. The van der Waals surface area contributed by atoms with Crippen LogP contribution in [0.1, 0.15) is 30.2 Å². The quantitative estimate of drug-likeness (QED) is 0.549. The topological polar surface area (TPSA) is 112 Å². The average molecular weight is 469 g/mol. The van der Waals surface area contributed by atoms with Crippen LogP contribution in [0.3, 0.4) is 0 Å². The number of aromatic amines is 1. The van der Waals surface area contributed by atoms with Gasteiger partial charge in [-0.3, -0.25) is 14.1 Å². The van der Waals surface area contributed by atoms with Gasteiger partial charge in [-0.25, -0.2) is 4.79 Å². The molecule has 2 aliphatic rings. The molecule has 3 N–H and O–H groups in total. The van der Waals surface area contributed by atoms with Crippen LogP contribution in [0, 0.1) is 0 Å². The van der Waals surface area contributed by atoms with E-state index in [0.717, 1.165) is 29.1 Å². The lowest BCUT2D eigenvalue weighted by molar-refractivity contribution is -0.119. The number of rotatable bonds is 8. The summed E-state index contributed by atoms with van der Waals surface area (Å²) in [5, 5.41) is 16.5. The average Bonchev–Trinajstić information content (AvgIpc) is 3.43. The van der Waals surface area contributed by atoms with Crippen molar-refractivity contribution in [1.82, 2.24) is 30.9 Å². The molecule has 0 spiro atoms. The number of halogens is 1. The third-order valence-corrected chi connectivity index (χ3v) is 5.25. The Morgan fingerprint density at radius 2 is 2.00 bits per heavy atom. The third-order valence-electron chi connectivity index (χ3n) is 5.25. The van der Waals surface area contributed by atoms with E-state index in [4.69, 9.17) is 4.74 Å². The van der Waals surface area contributed by atoms with E-state index in [2.05, 4.69) is 56.4 Å². The fraction of sp³-hybridized carbons (Fsp3) is 0.333. The number of alkyl halides is 1. The van der Waals surface area contributed by atoms with Gasteiger partial charge in [-0.15, -0.1) is 0 Å². The number of benzene rings is 1. The van der Waals surface area contributed by atoms with Crippen LogP contribution in [0.5, 0.6) is 0 Å². The fourth-order valence-corrected chi connectivity index (χ4v) is 3.59. The summed E-state index contributed by atoms with van der Waals surface area (Å²) in [4.78, 5) is 25.0. The summed E-state index contributed by atoms with van der Waals surface area (Å²) in [7, 11) is 0.500. The van der Waals surface area contributed by atoms with E-state index in [1.165, 1.54) is 12.5 Å². The van der Waals surface area contributed by atoms with Gasteiger partial charge in [0.05, 0.1) is 32.2 Å². The molecule has 1 fully saturated rings. The lowest BCUT2D eigenvalue weighted by Gasteiger charge is -2.13. The first-order valence-corrected chi connectivity index (χ1v) is 10.9. The van der Waals surface area contributed by atoms with Gasteiger partial charge in [-0.1, -0.05) is 42.5 Å². The molecule has 0 unspecified atom stereocenters. The van der Waals surface area contributed by atoms with Gasteiger partial charge in [0.15, 0.2) is 0 Å². The molecule has 2 aromatic rings. The molecule has 1 atom stereocenters. The summed E-state index contributed by atoms with van der Waals surface area (Å²) >= 11 is 0. The van der Waals surface area contributed by atoms with E-state index >= 15 is 0 Å². The molecule has 0 radical (unpaired) electrons. The normalized spacial score (nSPS) is 17.2. The first kappa shape index (κ1) is 24.8. The first-order valence-electron chi connectivity index (χ1n) is 10.9. The van der Waals surface area contributed by atoms with E-state index in [1.54, 1.807) is 11.1 Å². The van der Waals surface area contributed by atoms with Gasteiger partial charge in [0, 0.05) is 25.7 Å². The maximum atomic E-state index is 12.3. The number of hydrogen-bond donors (Lipinski definition) is 3. The molecule has 34 heavy (non-hydrogen) atoms. The summed E-state index contributed by atoms with van der Waals surface area (Å²) in [5.41, 5.74) is 5.07. The van der Waals surface area contributed by atoms with Crippen LogP contribution >= 0.6 is 0 Å². The molecule has 9 nitrogen and oxygen atoms in total. The zero-order valence-electron chi connectivity index (χ0n) is 19.3. The molecule has 2 heterocycles. The summed E-state index contributed by atoms with van der Waals surface area (Å²) in [6, 6.07) is 8.40. The minimum absolute atomic E-state index is 0.140. The number of aromatic nitrogens is 3. The van der Waals surface area contributed by atoms with Crippen molar-refractivity contribution in [2.24, 2.45) is 0 Å². The summed E-state index contributed by atoms with van der Waals surface area (Å²) in [6.45, 7) is 3.58. The highest BCUT2D eigenvalue weighted by atomic mass is 19.1. The Kier molecular flexibility index (Phi) is 9.10. The molecule has 1 aliphatic heterocycles. The molecular formula is C24H29FN6O3. The van der Waals surface area contributed by atoms with Crippen molar-refractivity contribution < 1.29 is 18.7 Å². The number of ether oxygens (including phenoxy) is 1. The molecule has 2 amide bonds. The Bertz CT molecular complexity index is 1050. The van der Waals surface area contributed by atoms with E-state index in [0.29, 0.717) is 33.2 Å². The molecule has 1 aromatic carbocycles. The number of nitrogens with zero attached hydrogens (tertiary/aromatic N) is 3. The zero-order valence-corrected chi connectivity index (χ0v) is 19.3. The van der Waals surface area contributed by atoms with E-state index in [1.807, 2.05) is 18.2 Å². The molecular weight excluding hydrogens is 439 g/mol. The van der Waals surface area contributed by atoms with Crippen LogP contribution in [0.2, 0.25) is 0 Å². The number of amides is 2. The van der Waals surface area contributed by atoms with Gasteiger partial charge in [0.2, 0.25) is 5.91 Å². The monoisotopic (exact) mass is 468 g/mol. The Balaban J connectivity index is 0.00000158. The largest absolute Gasteiger partial charge is 0.442 e. The smallest absolute Gasteiger partial charge is 0.414 e. The van der Waals surface area contributed by atoms with Gasteiger partial charge in [0.1, 0.15) is 6.10 Å². The second-order valence-corrected chi connectivity index (χ2v) is 7.67. The van der Waals surface area contributed by atoms with Crippen molar-refractivity contribution in [2.75, 3.05) is 20.3 Å². The predicted octanol–water partition coefficient (Wildman–Crippen LogP) is 2.86. The minimum atomic E-state index is -0.387. The SMILES string of the molecule is CC(=O)NC[C@H]1CN(C2=CCC=C(c3ccc(CNCc4cn[nH]n4)cc3)C=C2)C(=O)O1.CF. The van der Waals surface area contributed by atoms with Crippen LogP contribution in [-0.2, 0) is 22.6 Å². The summed E-state index contributed by atoms with van der Waals surface area (Å²) < 4.78 is 14.9. The van der Waals surface area contributed by atoms with Crippen LogP contribution in [0.25, 0.3) is 5.57 Å². The first-order chi connectivity index (χ1) is 16.6. The van der Waals surface area contributed by atoms with Gasteiger partial charge < -0.3 is 15.4 Å². The second-order valence-electron chi connectivity index (χ2n) is 7.67. The van der Waals surface area contributed by atoms with Gasteiger partial charge in [-0.2, -0.15) is 15.4 Å². The fourth-order valence-electron chi connectivity index (χ4n) is 3.59. The van der Waals surface area contributed by atoms with Crippen LogP contribution in [0.15, 0.2) is 60.5 Å². The van der Waals surface area contributed by atoms with Crippen molar-refractivity contribution in [1.29, 1.82) is 0 Å². The zero-order chi connectivity index (χ0) is 24.3. The maximum Gasteiger partial charge on any atom is 0.414 e. The molecule has 1 aliphatic carbocycles. The summed E-state index contributed by atoms with van der Waals surface area (Å²) in [5.74, 6) is -0.140. The number of carbonyl (C=O) groups is 2. The molecule has 0 bridgehead atoms. The van der Waals surface area contributed by atoms with E-state index < -0.39 is 0 Å². The maximum absolute atomic E-state index is 12.3. The van der Waals surface area contributed by atoms with E-state index in [-0.39, 0.29) is 18.1 Å². The van der Waals surface area contributed by atoms with Crippen LogP contribution in [0.4, 0.5) is 9.18 Å². The van der Waals surface area contributed by atoms with Crippen molar-refractivity contribution in [3.63, 3.8) is 0 Å². The Morgan fingerprint density at radius 3 is 2.71 bits per heavy atom. The lowest BCUT2D eigenvalue weighted by Crippen LogP contribution is -2.33. The van der Waals surface area contributed by atoms with Crippen molar-refractivity contribution >= 4 is 17.6 Å². The molecule has 1 saturated heterocycles. The molecule has 1 aromatic heterocycles. The van der Waals surface area contributed by atoms with Gasteiger partial charge in [-0.05, 0) is 29.2 Å². The summed E-state index contributed by atoms with van der Waals surface area (Å²) in [6.07, 6.45) is 9.78. The Labute approximate surface area is 197 Å².